The van der Waals surface area contributed by atoms with Crippen LogP contribution in [0.2, 0.25) is 0 Å². The van der Waals surface area contributed by atoms with E-state index in [2.05, 4.69) is 56.3 Å². The zero-order valence-corrected chi connectivity index (χ0v) is 12.5. The van der Waals surface area contributed by atoms with Gasteiger partial charge in [-0.15, -0.1) is 0 Å². The van der Waals surface area contributed by atoms with E-state index in [1.165, 1.54) is 16.7 Å². The number of hydrogen-bond donors (Lipinski definition) is 1. The van der Waals surface area contributed by atoms with Gasteiger partial charge in [0, 0.05) is 5.56 Å². The van der Waals surface area contributed by atoms with Crippen LogP contribution in [0.1, 0.15) is 16.7 Å². The van der Waals surface area contributed by atoms with Crippen molar-refractivity contribution in [1.29, 1.82) is 0 Å². The highest BCUT2D eigenvalue weighted by molar-refractivity contribution is 5.86. The van der Waals surface area contributed by atoms with E-state index in [1.807, 2.05) is 12.1 Å². The lowest BCUT2D eigenvalue weighted by atomic mass is 9.97. The van der Waals surface area contributed by atoms with Crippen LogP contribution in [0.15, 0.2) is 47.0 Å². The molecule has 3 heteroatoms. The van der Waals surface area contributed by atoms with Gasteiger partial charge in [-0.2, -0.15) is 0 Å². The second-order valence-corrected chi connectivity index (χ2v) is 5.44. The number of nitrogens with zero attached hydrogens (tertiary/aromatic N) is 1. The van der Waals surface area contributed by atoms with Gasteiger partial charge in [0.05, 0.1) is 5.56 Å². The summed E-state index contributed by atoms with van der Waals surface area (Å²) in [5.74, 6) is 1.15. The third-order valence-electron chi connectivity index (χ3n) is 3.79. The van der Waals surface area contributed by atoms with Crippen molar-refractivity contribution in [3.63, 3.8) is 0 Å². The Bertz CT molecular complexity index is 803. The Morgan fingerprint density at radius 3 is 2.43 bits per heavy atom. The average Bonchev–Trinajstić information content (AvgIpc) is 2.84. The lowest BCUT2D eigenvalue weighted by Gasteiger charge is -2.06. The van der Waals surface area contributed by atoms with Crippen LogP contribution >= 0.6 is 0 Å². The molecule has 0 atom stereocenters. The summed E-state index contributed by atoms with van der Waals surface area (Å²) in [6.45, 7) is 6.24. The van der Waals surface area contributed by atoms with Crippen molar-refractivity contribution in [2.75, 3.05) is 5.73 Å². The molecule has 0 radical (unpaired) electrons. The molecule has 1 aromatic heterocycles. The maximum Gasteiger partial charge on any atom is 0.176 e. The molecule has 3 nitrogen and oxygen atoms in total. The molecule has 0 bridgehead atoms. The van der Waals surface area contributed by atoms with Gasteiger partial charge >= 0.3 is 0 Å². The molecule has 3 rings (SSSR count). The number of aromatic nitrogens is 1. The first kappa shape index (κ1) is 13.4. The molecule has 3 aromatic rings. The molecular weight excluding hydrogens is 260 g/mol. The van der Waals surface area contributed by atoms with Gasteiger partial charge in [0.25, 0.3) is 0 Å². The second kappa shape index (κ2) is 5.09. The topological polar surface area (TPSA) is 52.0 Å². The SMILES string of the molecule is Cc1cccc(-c2onc(N)c2-c2ccc(C)c(C)c2)c1. The normalized spacial score (nSPS) is 10.8. The van der Waals surface area contributed by atoms with E-state index in [9.17, 15) is 0 Å². The highest BCUT2D eigenvalue weighted by atomic mass is 16.5. The molecular formula is C18H18N2O. The standard InChI is InChI=1S/C18H18N2O/c1-11-5-4-6-15(9-11)17-16(18(19)20-21-17)14-8-7-12(2)13(3)10-14/h4-10H,1-3H3,(H2,19,20). The monoisotopic (exact) mass is 278 g/mol. The van der Waals surface area contributed by atoms with Crippen molar-refractivity contribution >= 4 is 5.82 Å². The number of nitrogen functional groups attached to an aromatic ring is 1. The van der Waals surface area contributed by atoms with Crippen LogP contribution in [-0.2, 0) is 0 Å². The van der Waals surface area contributed by atoms with Crippen LogP contribution < -0.4 is 5.73 Å². The minimum atomic E-state index is 0.426. The Kier molecular flexibility index (Phi) is 3.26. The molecule has 2 aromatic carbocycles. The molecule has 2 N–H and O–H groups in total. The molecule has 0 aliphatic heterocycles. The van der Waals surface area contributed by atoms with Crippen LogP contribution in [0.25, 0.3) is 22.5 Å². The molecule has 1 heterocycles. The molecule has 0 unspecified atom stereocenters. The third-order valence-corrected chi connectivity index (χ3v) is 3.79. The highest BCUT2D eigenvalue weighted by Gasteiger charge is 2.18. The Hall–Kier alpha value is -2.55. The van der Waals surface area contributed by atoms with Gasteiger partial charge in [-0.25, -0.2) is 0 Å². The number of rotatable bonds is 2. The third kappa shape index (κ3) is 2.42. The maximum absolute atomic E-state index is 6.03. The second-order valence-electron chi connectivity index (χ2n) is 5.44. The largest absolute Gasteiger partial charge is 0.380 e. The van der Waals surface area contributed by atoms with E-state index < -0.39 is 0 Å². The number of nitrogens with two attached hydrogens (primary N) is 1. The predicted molar refractivity (Wildman–Crippen MR) is 86.0 cm³/mol. The summed E-state index contributed by atoms with van der Waals surface area (Å²) in [6.07, 6.45) is 0. The van der Waals surface area contributed by atoms with E-state index in [0.717, 1.165) is 22.5 Å². The Labute approximate surface area is 124 Å². The summed E-state index contributed by atoms with van der Waals surface area (Å²) < 4.78 is 5.49. The summed E-state index contributed by atoms with van der Waals surface area (Å²) in [5.41, 5.74) is 12.6. The predicted octanol–water partition coefficient (Wildman–Crippen LogP) is 4.52. The summed E-state index contributed by atoms with van der Waals surface area (Å²) in [6, 6.07) is 14.4. The zero-order chi connectivity index (χ0) is 15.0. The molecule has 21 heavy (non-hydrogen) atoms. The molecule has 0 saturated carbocycles. The van der Waals surface area contributed by atoms with Gasteiger partial charge in [0.1, 0.15) is 0 Å². The van der Waals surface area contributed by atoms with Crippen molar-refractivity contribution in [2.24, 2.45) is 0 Å². The fraction of sp³-hybridized carbons (Fsp3) is 0.167. The van der Waals surface area contributed by atoms with Crippen LogP contribution in [0.4, 0.5) is 5.82 Å². The van der Waals surface area contributed by atoms with E-state index in [0.29, 0.717) is 5.82 Å². The van der Waals surface area contributed by atoms with Crippen molar-refractivity contribution in [2.45, 2.75) is 20.8 Å². The first-order valence-corrected chi connectivity index (χ1v) is 6.96. The van der Waals surface area contributed by atoms with Crippen molar-refractivity contribution in [3.8, 4) is 22.5 Å². The van der Waals surface area contributed by atoms with E-state index in [1.54, 1.807) is 0 Å². The lowest BCUT2D eigenvalue weighted by Crippen LogP contribution is -1.90. The highest BCUT2D eigenvalue weighted by Crippen LogP contribution is 2.37. The number of anilines is 1. The van der Waals surface area contributed by atoms with Crippen LogP contribution in [0.3, 0.4) is 0 Å². The van der Waals surface area contributed by atoms with Crippen molar-refractivity contribution in [3.05, 3.63) is 59.2 Å². The Morgan fingerprint density at radius 1 is 0.905 bits per heavy atom. The van der Waals surface area contributed by atoms with Gasteiger partial charge in [-0.3, -0.25) is 0 Å². The fourth-order valence-corrected chi connectivity index (χ4v) is 2.46. The van der Waals surface area contributed by atoms with Crippen LogP contribution in [0.5, 0.6) is 0 Å². The number of aryl methyl sites for hydroxylation is 3. The summed E-state index contributed by atoms with van der Waals surface area (Å²) in [5, 5.41) is 3.95. The zero-order valence-electron chi connectivity index (χ0n) is 12.5. The van der Waals surface area contributed by atoms with Gasteiger partial charge in [-0.05, 0) is 43.5 Å². The van der Waals surface area contributed by atoms with Crippen molar-refractivity contribution in [1.82, 2.24) is 5.16 Å². The Morgan fingerprint density at radius 2 is 1.71 bits per heavy atom. The number of benzene rings is 2. The maximum atomic E-state index is 6.03. The van der Waals surface area contributed by atoms with Gasteiger partial charge in [0.2, 0.25) is 0 Å². The average molecular weight is 278 g/mol. The first-order chi connectivity index (χ1) is 10.1. The van der Waals surface area contributed by atoms with E-state index >= 15 is 0 Å². The van der Waals surface area contributed by atoms with E-state index in [4.69, 9.17) is 10.3 Å². The summed E-state index contributed by atoms with van der Waals surface area (Å²) in [4.78, 5) is 0. The minimum Gasteiger partial charge on any atom is -0.380 e. The lowest BCUT2D eigenvalue weighted by molar-refractivity contribution is 0.436. The van der Waals surface area contributed by atoms with Gasteiger partial charge in [-0.1, -0.05) is 47.1 Å². The summed E-state index contributed by atoms with van der Waals surface area (Å²) >= 11 is 0. The smallest absolute Gasteiger partial charge is 0.176 e. The minimum absolute atomic E-state index is 0.426. The summed E-state index contributed by atoms with van der Waals surface area (Å²) in [7, 11) is 0. The molecule has 0 aliphatic carbocycles. The molecule has 0 amide bonds. The molecule has 0 fully saturated rings. The van der Waals surface area contributed by atoms with Gasteiger partial charge in [0.15, 0.2) is 11.6 Å². The fourth-order valence-electron chi connectivity index (χ4n) is 2.46. The molecule has 106 valence electrons. The molecule has 0 saturated heterocycles. The first-order valence-electron chi connectivity index (χ1n) is 6.96. The van der Waals surface area contributed by atoms with E-state index in [-0.39, 0.29) is 0 Å². The quantitative estimate of drug-likeness (QED) is 0.750. The van der Waals surface area contributed by atoms with Crippen LogP contribution in [0, 0.1) is 20.8 Å². The molecule has 0 aliphatic rings. The van der Waals surface area contributed by atoms with Crippen LogP contribution in [-0.4, -0.2) is 5.16 Å². The Balaban J connectivity index is 2.19. The number of hydrogen-bond acceptors (Lipinski definition) is 3. The van der Waals surface area contributed by atoms with Gasteiger partial charge < -0.3 is 10.3 Å². The van der Waals surface area contributed by atoms with Crippen molar-refractivity contribution < 1.29 is 4.52 Å². The molecule has 0 spiro atoms.